The van der Waals surface area contributed by atoms with Gasteiger partial charge in [0.05, 0.1) is 0 Å². The summed E-state index contributed by atoms with van der Waals surface area (Å²) >= 11 is 0. The molecule has 128 valence electrons. The lowest BCUT2D eigenvalue weighted by molar-refractivity contribution is 1.13. The fourth-order valence-electron chi connectivity index (χ4n) is 3.76. The van der Waals surface area contributed by atoms with Crippen molar-refractivity contribution in [2.75, 3.05) is 0 Å². The summed E-state index contributed by atoms with van der Waals surface area (Å²) in [6.07, 6.45) is 5.53. The van der Waals surface area contributed by atoms with Gasteiger partial charge in [0.1, 0.15) is 0 Å². The van der Waals surface area contributed by atoms with Crippen LogP contribution in [0.5, 0.6) is 0 Å². The van der Waals surface area contributed by atoms with Crippen molar-refractivity contribution >= 4 is 16.8 Å². The Hall–Kier alpha value is -2.34. The molecule has 0 aliphatic heterocycles. The van der Waals surface area contributed by atoms with Gasteiger partial charge in [-0.05, 0) is 103 Å². The molecule has 0 spiro atoms. The van der Waals surface area contributed by atoms with Gasteiger partial charge in [0.15, 0.2) is 0 Å². The first-order valence-electron chi connectivity index (χ1n) is 9.12. The zero-order valence-electron chi connectivity index (χ0n) is 16.3. The van der Waals surface area contributed by atoms with Crippen LogP contribution in [0.3, 0.4) is 0 Å². The molecule has 0 atom stereocenters. The normalized spacial score (nSPS) is 12.1. The quantitative estimate of drug-likeness (QED) is 0.419. The van der Waals surface area contributed by atoms with E-state index in [1.807, 2.05) is 0 Å². The van der Waals surface area contributed by atoms with E-state index in [0.717, 1.165) is 6.42 Å². The molecule has 0 saturated heterocycles. The van der Waals surface area contributed by atoms with Crippen LogP contribution >= 0.6 is 0 Å². The molecule has 0 amide bonds. The number of allylic oxidation sites excluding steroid dienone is 1. The molecule has 0 unspecified atom stereocenters. The minimum Gasteiger partial charge on any atom is -0.0795 e. The third-order valence-corrected chi connectivity index (χ3v) is 6.03. The Balaban J connectivity index is 0.000000147. The van der Waals surface area contributed by atoms with Gasteiger partial charge in [0.25, 0.3) is 0 Å². The monoisotopic (exact) mass is 328 g/mol. The smallest absolute Gasteiger partial charge is 0.00763 e. The summed E-state index contributed by atoms with van der Waals surface area (Å²) in [6, 6.07) is 13.0. The van der Waals surface area contributed by atoms with E-state index in [0.29, 0.717) is 0 Å². The van der Waals surface area contributed by atoms with Gasteiger partial charge >= 0.3 is 0 Å². The van der Waals surface area contributed by atoms with Gasteiger partial charge in [0.2, 0.25) is 0 Å². The molecule has 25 heavy (non-hydrogen) atoms. The van der Waals surface area contributed by atoms with Crippen LogP contribution in [0.2, 0.25) is 0 Å². The lowest BCUT2D eigenvalue weighted by Gasteiger charge is -2.15. The Morgan fingerprint density at radius 1 is 0.600 bits per heavy atom. The molecule has 1 aliphatic carbocycles. The van der Waals surface area contributed by atoms with E-state index in [-0.39, 0.29) is 0 Å². The number of hydrogen-bond donors (Lipinski definition) is 0. The maximum atomic E-state index is 2.23. The van der Waals surface area contributed by atoms with Crippen molar-refractivity contribution in [2.24, 2.45) is 0 Å². The van der Waals surface area contributed by atoms with Crippen LogP contribution in [0.4, 0.5) is 0 Å². The van der Waals surface area contributed by atoms with E-state index >= 15 is 0 Å². The predicted octanol–water partition coefficient (Wildman–Crippen LogP) is 6.95. The number of rotatable bonds is 0. The second kappa shape index (κ2) is 6.88. The summed E-state index contributed by atoms with van der Waals surface area (Å²) < 4.78 is 0. The molecule has 0 bridgehead atoms. The van der Waals surface area contributed by atoms with Gasteiger partial charge < -0.3 is 0 Å². The molecule has 0 saturated carbocycles. The number of benzene rings is 3. The Labute approximate surface area is 152 Å². The van der Waals surface area contributed by atoms with E-state index in [9.17, 15) is 0 Å². The van der Waals surface area contributed by atoms with Crippen molar-refractivity contribution in [2.45, 2.75) is 48.0 Å². The summed E-state index contributed by atoms with van der Waals surface area (Å²) in [5, 5.41) is 2.80. The zero-order valence-corrected chi connectivity index (χ0v) is 16.3. The van der Waals surface area contributed by atoms with Gasteiger partial charge in [0, 0.05) is 0 Å². The first kappa shape index (κ1) is 17.5. The SMILES string of the molecule is C1=Cc2cccc3cccc(c23)C1.Cc1c(C)c(C)c(C)c(C)c1C. The van der Waals surface area contributed by atoms with Crippen molar-refractivity contribution in [3.8, 4) is 0 Å². The standard InChI is InChI=1S/C13H10.C12H18/c1-4-10-6-2-8-12-9-3-7-11(5-1)13(10)12;1-7-8(2)10(4)12(6)11(5)9(7)3/h1-8H,9H2;1-6H3. The lowest BCUT2D eigenvalue weighted by Crippen LogP contribution is -1.98. The van der Waals surface area contributed by atoms with Crippen LogP contribution in [0.15, 0.2) is 42.5 Å². The van der Waals surface area contributed by atoms with Crippen LogP contribution in [-0.2, 0) is 6.42 Å². The largest absolute Gasteiger partial charge is 0.0795 e. The highest BCUT2D eigenvalue weighted by Gasteiger charge is 2.08. The molecule has 0 aromatic heterocycles. The summed E-state index contributed by atoms with van der Waals surface area (Å²) in [6.45, 7) is 13.3. The molecule has 0 heterocycles. The highest BCUT2D eigenvalue weighted by molar-refractivity contribution is 5.94. The Morgan fingerprint density at radius 2 is 1.08 bits per heavy atom. The zero-order chi connectivity index (χ0) is 18.1. The van der Waals surface area contributed by atoms with Gasteiger partial charge in [-0.15, -0.1) is 0 Å². The second-order valence-electron chi connectivity index (χ2n) is 7.22. The summed E-state index contributed by atoms with van der Waals surface area (Å²) in [7, 11) is 0. The van der Waals surface area contributed by atoms with Crippen molar-refractivity contribution < 1.29 is 0 Å². The summed E-state index contributed by atoms with van der Waals surface area (Å²) in [5.41, 5.74) is 11.5. The molecule has 3 aromatic rings. The van der Waals surface area contributed by atoms with Crippen LogP contribution in [0.1, 0.15) is 44.5 Å². The predicted molar refractivity (Wildman–Crippen MR) is 112 cm³/mol. The van der Waals surface area contributed by atoms with Crippen molar-refractivity contribution in [1.82, 2.24) is 0 Å². The van der Waals surface area contributed by atoms with Crippen molar-refractivity contribution in [3.05, 3.63) is 87.0 Å². The van der Waals surface area contributed by atoms with E-state index in [4.69, 9.17) is 0 Å². The second-order valence-corrected chi connectivity index (χ2v) is 7.22. The molecule has 3 aromatic carbocycles. The molecule has 4 rings (SSSR count). The van der Waals surface area contributed by atoms with E-state index in [1.165, 1.54) is 55.3 Å². The maximum Gasteiger partial charge on any atom is -0.00763 e. The van der Waals surface area contributed by atoms with Crippen molar-refractivity contribution in [3.63, 3.8) is 0 Å². The summed E-state index contributed by atoms with van der Waals surface area (Å²) in [4.78, 5) is 0. The minimum absolute atomic E-state index is 1.08. The minimum atomic E-state index is 1.08. The maximum absolute atomic E-state index is 2.23. The van der Waals surface area contributed by atoms with Gasteiger partial charge in [-0.1, -0.05) is 48.6 Å². The summed E-state index contributed by atoms with van der Waals surface area (Å²) in [5.74, 6) is 0. The Kier molecular flexibility index (Phi) is 4.81. The van der Waals surface area contributed by atoms with Crippen LogP contribution in [0.25, 0.3) is 16.8 Å². The van der Waals surface area contributed by atoms with Crippen LogP contribution < -0.4 is 0 Å². The highest BCUT2D eigenvalue weighted by Crippen LogP contribution is 2.28. The number of hydrogen-bond acceptors (Lipinski definition) is 0. The third kappa shape index (κ3) is 3.14. The van der Waals surface area contributed by atoms with Gasteiger partial charge in [-0.2, -0.15) is 0 Å². The topological polar surface area (TPSA) is 0 Å². The van der Waals surface area contributed by atoms with E-state index in [2.05, 4.69) is 90.1 Å². The van der Waals surface area contributed by atoms with Crippen molar-refractivity contribution in [1.29, 1.82) is 0 Å². The molecule has 1 aliphatic rings. The molecule has 0 N–H and O–H groups in total. The molecule has 0 heteroatoms. The average molecular weight is 328 g/mol. The molecular formula is C25H28. The Bertz CT molecular complexity index is 861. The van der Waals surface area contributed by atoms with E-state index in [1.54, 1.807) is 0 Å². The van der Waals surface area contributed by atoms with Crippen LogP contribution in [-0.4, -0.2) is 0 Å². The third-order valence-electron chi connectivity index (χ3n) is 6.03. The van der Waals surface area contributed by atoms with Gasteiger partial charge in [-0.25, -0.2) is 0 Å². The van der Waals surface area contributed by atoms with E-state index < -0.39 is 0 Å². The Morgan fingerprint density at radius 3 is 1.60 bits per heavy atom. The molecule has 0 fully saturated rings. The highest BCUT2D eigenvalue weighted by atomic mass is 14.1. The fraction of sp³-hybridized carbons (Fsp3) is 0.280. The average Bonchev–Trinajstić information content (AvgIpc) is 2.65. The lowest BCUT2D eigenvalue weighted by atomic mass is 9.90. The molecule has 0 radical (unpaired) electrons. The van der Waals surface area contributed by atoms with Crippen LogP contribution in [0, 0.1) is 41.5 Å². The fourth-order valence-corrected chi connectivity index (χ4v) is 3.76. The first-order valence-corrected chi connectivity index (χ1v) is 9.12. The van der Waals surface area contributed by atoms with Gasteiger partial charge in [-0.3, -0.25) is 0 Å². The molecule has 0 nitrogen and oxygen atoms in total. The molecular weight excluding hydrogens is 300 g/mol. The first-order chi connectivity index (χ1) is 11.9.